The standard InChI is InChI=1S/C10H9Cl4NO3S/c1-5(10(14)16)15(19(2,17)18)9-4-7(12)6(11)3-8(9)13/h3-5H,1-2H3. The molecule has 0 aromatic heterocycles. The van der Waals surface area contributed by atoms with Gasteiger partial charge in [-0.15, -0.1) is 0 Å². The van der Waals surface area contributed by atoms with E-state index in [2.05, 4.69) is 0 Å². The molecule has 4 nitrogen and oxygen atoms in total. The quantitative estimate of drug-likeness (QED) is 0.606. The maximum atomic E-state index is 11.8. The molecule has 0 aliphatic carbocycles. The van der Waals surface area contributed by atoms with Gasteiger partial charge >= 0.3 is 0 Å². The van der Waals surface area contributed by atoms with Gasteiger partial charge in [-0.3, -0.25) is 9.10 Å². The molecule has 19 heavy (non-hydrogen) atoms. The molecule has 0 saturated heterocycles. The highest BCUT2D eigenvalue weighted by atomic mass is 35.5. The molecule has 0 bridgehead atoms. The zero-order chi connectivity index (χ0) is 15.0. The molecule has 1 aromatic rings. The number of anilines is 1. The van der Waals surface area contributed by atoms with Crippen molar-refractivity contribution < 1.29 is 13.2 Å². The van der Waals surface area contributed by atoms with Gasteiger partial charge in [0.25, 0.3) is 0 Å². The van der Waals surface area contributed by atoms with Crippen molar-refractivity contribution in [1.29, 1.82) is 0 Å². The lowest BCUT2D eigenvalue weighted by Gasteiger charge is -2.27. The first-order valence-corrected chi connectivity index (χ1v) is 8.25. The van der Waals surface area contributed by atoms with Crippen LogP contribution in [0.5, 0.6) is 0 Å². The van der Waals surface area contributed by atoms with E-state index in [9.17, 15) is 13.2 Å². The minimum Gasteiger partial charge on any atom is -0.279 e. The lowest BCUT2D eigenvalue weighted by atomic mass is 10.2. The monoisotopic (exact) mass is 363 g/mol. The summed E-state index contributed by atoms with van der Waals surface area (Å²) in [6.45, 7) is 1.34. The predicted octanol–water partition coefficient (Wildman–Crippen LogP) is 3.57. The van der Waals surface area contributed by atoms with Crippen molar-refractivity contribution in [3.8, 4) is 0 Å². The fraction of sp³-hybridized carbons (Fsp3) is 0.300. The Bertz CT molecular complexity index is 617. The minimum absolute atomic E-state index is 0.0417. The number of nitrogens with zero attached hydrogens (tertiary/aromatic N) is 1. The van der Waals surface area contributed by atoms with E-state index in [-0.39, 0.29) is 20.8 Å². The van der Waals surface area contributed by atoms with Crippen molar-refractivity contribution in [2.24, 2.45) is 0 Å². The molecule has 1 aromatic carbocycles. The van der Waals surface area contributed by atoms with Crippen molar-refractivity contribution in [2.45, 2.75) is 13.0 Å². The molecule has 9 heteroatoms. The number of carbonyl (C=O) groups is 1. The Labute approximate surface area is 131 Å². The molecule has 106 valence electrons. The van der Waals surface area contributed by atoms with E-state index in [0.717, 1.165) is 10.6 Å². The first-order chi connectivity index (χ1) is 8.55. The van der Waals surface area contributed by atoms with Gasteiger partial charge < -0.3 is 0 Å². The number of rotatable bonds is 4. The Morgan fingerprint density at radius 1 is 1.16 bits per heavy atom. The lowest BCUT2D eigenvalue weighted by Crippen LogP contribution is -2.41. The molecule has 1 atom stereocenters. The molecule has 0 heterocycles. The van der Waals surface area contributed by atoms with E-state index in [1.54, 1.807) is 0 Å². The van der Waals surface area contributed by atoms with Crippen LogP contribution in [0.15, 0.2) is 12.1 Å². The molecule has 1 unspecified atom stereocenters. The Morgan fingerprint density at radius 2 is 1.63 bits per heavy atom. The topological polar surface area (TPSA) is 54.5 Å². The molecule has 0 N–H and O–H groups in total. The van der Waals surface area contributed by atoms with E-state index in [0.29, 0.717) is 0 Å². The van der Waals surface area contributed by atoms with Gasteiger partial charge in [0.05, 0.1) is 27.0 Å². The molecule has 0 saturated carbocycles. The zero-order valence-corrected chi connectivity index (χ0v) is 13.7. The van der Waals surface area contributed by atoms with Crippen LogP contribution in [0.1, 0.15) is 6.92 Å². The Hall–Kier alpha value is -0.200. The highest BCUT2D eigenvalue weighted by molar-refractivity contribution is 7.92. The highest BCUT2D eigenvalue weighted by Gasteiger charge is 2.30. The Balaban J connectivity index is 3.51. The van der Waals surface area contributed by atoms with Gasteiger partial charge in [-0.1, -0.05) is 34.8 Å². The van der Waals surface area contributed by atoms with E-state index in [4.69, 9.17) is 46.4 Å². The number of halogens is 4. The van der Waals surface area contributed by atoms with Gasteiger partial charge in [-0.05, 0) is 30.7 Å². The number of hydrogen-bond acceptors (Lipinski definition) is 3. The zero-order valence-electron chi connectivity index (χ0n) is 9.82. The maximum Gasteiger partial charge on any atom is 0.245 e. The molecular formula is C10H9Cl4NO3S. The van der Waals surface area contributed by atoms with E-state index in [1.165, 1.54) is 19.1 Å². The van der Waals surface area contributed by atoms with Gasteiger partial charge in [0.2, 0.25) is 15.3 Å². The molecular weight excluding hydrogens is 356 g/mol. The molecule has 0 aliphatic heterocycles. The summed E-state index contributed by atoms with van der Waals surface area (Å²) in [5, 5.41) is -0.505. The van der Waals surface area contributed by atoms with Crippen LogP contribution >= 0.6 is 46.4 Å². The second-order valence-electron chi connectivity index (χ2n) is 3.76. The van der Waals surface area contributed by atoms with Crippen LogP contribution < -0.4 is 4.31 Å². The van der Waals surface area contributed by atoms with Gasteiger partial charge in [-0.25, -0.2) is 8.42 Å². The first-order valence-electron chi connectivity index (χ1n) is 4.89. The van der Waals surface area contributed by atoms with Crippen LogP contribution in [0.3, 0.4) is 0 Å². The summed E-state index contributed by atoms with van der Waals surface area (Å²) in [6.07, 6.45) is 0.933. The number of carbonyl (C=O) groups excluding carboxylic acids is 1. The average molecular weight is 365 g/mol. The van der Waals surface area contributed by atoms with Crippen LogP contribution in [0.2, 0.25) is 15.1 Å². The Morgan fingerprint density at radius 3 is 2.05 bits per heavy atom. The van der Waals surface area contributed by atoms with Crippen LogP contribution in [-0.4, -0.2) is 26.0 Å². The summed E-state index contributed by atoms with van der Waals surface area (Å²) in [7, 11) is -3.77. The van der Waals surface area contributed by atoms with Crippen LogP contribution in [-0.2, 0) is 14.8 Å². The number of benzene rings is 1. The van der Waals surface area contributed by atoms with Gasteiger partial charge in [0.15, 0.2) is 0 Å². The largest absolute Gasteiger partial charge is 0.279 e. The first kappa shape index (κ1) is 16.9. The summed E-state index contributed by atoms with van der Waals surface area (Å²) in [6, 6.07) is 1.44. The number of sulfonamides is 1. The van der Waals surface area contributed by atoms with Gasteiger partial charge in [-0.2, -0.15) is 0 Å². The summed E-state index contributed by atoms with van der Waals surface area (Å²) < 4.78 is 24.4. The Kier molecular flexibility index (Phi) is 5.37. The molecule has 0 fully saturated rings. The third-order valence-electron chi connectivity index (χ3n) is 2.26. The van der Waals surface area contributed by atoms with Crippen molar-refractivity contribution in [3.05, 3.63) is 27.2 Å². The summed E-state index contributed by atoms with van der Waals surface area (Å²) in [5.41, 5.74) is 0.0417. The molecule has 0 amide bonds. The van der Waals surface area contributed by atoms with E-state index >= 15 is 0 Å². The van der Waals surface area contributed by atoms with E-state index < -0.39 is 21.3 Å². The normalized spacial score (nSPS) is 13.2. The molecule has 0 radical (unpaired) electrons. The molecule has 0 aliphatic rings. The van der Waals surface area contributed by atoms with E-state index in [1.807, 2.05) is 0 Å². The predicted molar refractivity (Wildman–Crippen MR) is 79.1 cm³/mol. The van der Waals surface area contributed by atoms with Crippen LogP contribution in [0, 0.1) is 0 Å². The summed E-state index contributed by atoms with van der Waals surface area (Å²) in [4.78, 5) is 11.2. The fourth-order valence-corrected chi connectivity index (χ4v) is 3.46. The smallest absolute Gasteiger partial charge is 0.245 e. The SMILES string of the molecule is CC(C(=O)Cl)N(c1cc(Cl)c(Cl)cc1Cl)S(C)(=O)=O. The third-order valence-corrected chi connectivity index (χ3v) is 4.83. The third kappa shape index (κ3) is 3.89. The second kappa shape index (κ2) is 6.06. The average Bonchev–Trinajstić information content (AvgIpc) is 2.23. The van der Waals surface area contributed by atoms with Gasteiger partial charge in [0.1, 0.15) is 6.04 Å². The lowest BCUT2D eigenvalue weighted by molar-refractivity contribution is -0.112. The minimum atomic E-state index is -3.77. The van der Waals surface area contributed by atoms with Crippen LogP contribution in [0.4, 0.5) is 5.69 Å². The van der Waals surface area contributed by atoms with Crippen molar-refractivity contribution in [3.63, 3.8) is 0 Å². The van der Waals surface area contributed by atoms with Crippen LogP contribution in [0.25, 0.3) is 0 Å². The molecule has 1 rings (SSSR count). The number of hydrogen-bond donors (Lipinski definition) is 0. The van der Waals surface area contributed by atoms with Gasteiger partial charge in [0, 0.05) is 0 Å². The fourth-order valence-electron chi connectivity index (χ4n) is 1.45. The van der Waals surface area contributed by atoms with Crippen molar-refractivity contribution in [2.75, 3.05) is 10.6 Å². The molecule has 0 spiro atoms. The second-order valence-corrected chi connectivity index (χ2v) is 7.21. The van der Waals surface area contributed by atoms with Crippen molar-refractivity contribution in [1.82, 2.24) is 0 Å². The maximum absolute atomic E-state index is 11.8. The van der Waals surface area contributed by atoms with Crippen molar-refractivity contribution >= 4 is 67.4 Å². The summed E-state index contributed by atoms with van der Waals surface area (Å²) in [5.74, 6) is 0. The highest BCUT2D eigenvalue weighted by Crippen LogP contribution is 2.36. The summed E-state index contributed by atoms with van der Waals surface area (Å²) >= 11 is 22.9.